The van der Waals surface area contributed by atoms with Crippen molar-refractivity contribution >= 4 is 26.6 Å². The van der Waals surface area contributed by atoms with Crippen LogP contribution in [0.15, 0.2) is 12.4 Å². The third-order valence-corrected chi connectivity index (χ3v) is 5.66. The summed E-state index contributed by atoms with van der Waals surface area (Å²) in [5.41, 5.74) is 0.591. The average Bonchev–Trinajstić information content (AvgIpc) is 2.59. The molecule has 0 unspecified atom stereocenters. The van der Waals surface area contributed by atoms with Crippen LogP contribution in [-0.4, -0.2) is 64.3 Å². The molecule has 0 radical (unpaired) electrons. The van der Waals surface area contributed by atoms with Gasteiger partial charge < -0.3 is 19.1 Å². The van der Waals surface area contributed by atoms with Crippen molar-refractivity contribution in [3.63, 3.8) is 0 Å². The first-order valence-corrected chi connectivity index (χ1v) is 9.22. The summed E-state index contributed by atoms with van der Waals surface area (Å²) in [5.74, 6) is 2.31. The van der Waals surface area contributed by atoms with Crippen molar-refractivity contribution in [2.24, 2.45) is 0 Å². The molecule has 1 saturated heterocycles. The first-order valence-electron chi connectivity index (χ1n) is 7.39. The highest BCUT2D eigenvalue weighted by molar-refractivity contribution is 7.91. The van der Waals surface area contributed by atoms with E-state index in [1.165, 1.54) is 20.5 Å². The molecule has 130 valence electrons. The Kier molecular flexibility index (Phi) is 4.35. The minimum atomic E-state index is -2.97. The number of aromatic nitrogens is 2. The number of fused-ring (bicyclic) bond motifs is 1. The van der Waals surface area contributed by atoms with Gasteiger partial charge in [0.05, 0.1) is 38.2 Å². The summed E-state index contributed by atoms with van der Waals surface area (Å²) in [6, 6.07) is 1.79. The second-order valence-electron chi connectivity index (χ2n) is 5.38. The Balaban J connectivity index is 2.16. The Hall–Kier alpha value is -2.29. The molecule has 1 aromatic heterocycles. The fourth-order valence-electron chi connectivity index (χ4n) is 2.83. The number of benzene rings is 1. The summed E-state index contributed by atoms with van der Waals surface area (Å²) in [4.78, 5) is 10.6. The molecular weight excluding hydrogens is 334 g/mol. The minimum absolute atomic E-state index is 0.114. The number of rotatable bonds is 4. The SMILES string of the molecule is COc1cc2c(N3CCS(=O)(=O)CC3)ncnc2c(OC)c1OC. The molecule has 0 N–H and O–H groups in total. The van der Waals surface area contributed by atoms with E-state index in [2.05, 4.69) is 9.97 Å². The lowest BCUT2D eigenvalue weighted by Crippen LogP contribution is -2.40. The van der Waals surface area contributed by atoms with Crippen LogP contribution in [-0.2, 0) is 9.84 Å². The molecule has 1 aromatic carbocycles. The molecule has 0 bridgehead atoms. The Bertz CT molecular complexity index is 855. The van der Waals surface area contributed by atoms with Crippen molar-refractivity contribution < 1.29 is 22.6 Å². The van der Waals surface area contributed by atoms with Crippen LogP contribution >= 0.6 is 0 Å². The van der Waals surface area contributed by atoms with Crippen LogP contribution in [0.4, 0.5) is 5.82 Å². The fourth-order valence-corrected chi connectivity index (χ4v) is 4.03. The van der Waals surface area contributed by atoms with E-state index >= 15 is 0 Å². The number of anilines is 1. The van der Waals surface area contributed by atoms with E-state index in [1.807, 2.05) is 4.90 Å². The van der Waals surface area contributed by atoms with Gasteiger partial charge in [-0.3, -0.25) is 0 Å². The van der Waals surface area contributed by atoms with E-state index in [9.17, 15) is 8.42 Å². The highest BCUT2D eigenvalue weighted by Gasteiger charge is 2.26. The van der Waals surface area contributed by atoms with Crippen LogP contribution < -0.4 is 19.1 Å². The van der Waals surface area contributed by atoms with E-state index in [0.717, 1.165) is 5.39 Å². The molecule has 1 aliphatic heterocycles. The average molecular weight is 353 g/mol. The third kappa shape index (κ3) is 2.79. The first kappa shape index (κ1) is 16.6. The number of sulfone groups is 1. The fraction of sp³-hybridized carbons (Fsp3) is 0.467. The zero-order valence-corrected chi connectivity index (χ0v) is 14.6. The summed E-state index contributed by atoms with van der Waals surface area (Å²) in [7, 11) is 1.64. The summed E-state index contributed by atoms with van der Waals surface area (Å²) < 4.78 is 39.5. The smallest absolute Gasteiger partial charge is 0.205 e. The molecular formula is C15H19N3O5S. The predicted molar refractivity (Wildman–Crippen MR) is 90.1 cm³/mol. The van der Waals surface area contributed by atoms with Crippen molar-refractivity contribution in [1.82, 2.24) is 9.97 Å². The molecule has 1 aliphatic rings. The van der Waals surface area contributed by atoms with Crippen molar-refractivity contribution in [2.45, 2.75) is 0 Å². The predicted octanol–water partition coefficient (Wildman–Crippen LogP) is 0.890. The van der Waals surface area contributed by atoms with E-state index in [0.29, 0.717) is 41.7 Å². The molecule has 0 aliphatic carbocycles. The van der Waals surface area contributed by atoms with E-state index in [-0.39, 0.29) is 11.5 Å². The molecule has 0 atom stereocenters. The van der Waals surface area contributed by atoms with Gasteiger partial charge in [-0.05, 0) is 6.07 Å². The third-order valence-electron chi connectivity index (χ3n) is 4.06. The minimum Gasteiger partial charge on any atom is -0.493 e. The second-order valence-corrected chi connectivity index (χ2v) is 7.68. The maximum Gasteiger partial charge on any atom is 0.205 e. The van der Waals surface area contributed by atoms with Gasteiger partial charge in [-0.25, -0.2) is 18.4 Å². The van der Waals surface area contributed by atoms with Gasteiger partial charge in [0.1, 0.15) is 17.7 Å². The van der Waals surface area contributed by atoms with Gasteiger partial charge in [0.25, 0.3) is 0 Å². The molecule has 2 aromatic rings. The maximum atomic E-state index is 11.7. The lowest BCUT2D eigenvalue weighted by Gasteiger charge is -2.28. The van der Waals surface area contributed by atoms with E-state index < -0.39 is 9.84 Å². The summed E-state index contributed by atoms with van der Waals surface area (Å²) in [6.45, 7) is 0.788. The Labute approximate surface area is 140 Å². The van der Waals surface area contributed by atoms with E-state index in [4.69, 9.17) is 14.2 Å². The van der Waals surface area contributed by atoms with Gasteiger partial charge in [0.15, 0.2) is 21.3 Å². The first-order chi connectivity index (χ1) is 11.5. The van der Waals surface area contributed by atoms with Crippen LogP contribution in [0, 0.1) is 0 Å². The zero-order valence-electron chi connectivity index (χ0n) is 13.8. The van der Waals surface area contributed by atoms with Gasteiger partial charge in [-0.15, -0.1) is 0 Å². The molecule has 0 saturated carbocycles. The number of methoxy groups -OCH3 is 3. The summed E-state index contributed by atoms with van der Waals surface area (Å²) in [5, 5.41) is 0.728. The normalized spacial score (nSPS) is 16.9. The zero-order chi connectivity index (χ0) is 17.3. The number of hydrogen-bond acceptors (Lipinski definition) is 8. The van der Waals surface area contributed by atoms with Gasteiger partial charge in [-0.1, -0.05) is 0 Å². The van der Waals surface area contributed by atoms with E-state index in [1.54, 1.807) is 13.2 Å². The summed E-state index contributed by atoms with van der Waals surface area (Å²) in [6.07, 6.45) is 1.44. The van der Waals surface area contributed by atoms with Crippen LogP contribution in [0.2, 0.25) is 0 Å². The van der Waals surface area contributed by atoms with Gasteiger partial charge in [-0.2, -0.15) is 0 Å². The van der Waals surface area contributed by atoms with Crippen LogP contribution in [0.25, 0.3) is 10.9 Å². The largest absolute Gasteiger partial charge is 0.493 e. The van der Waals surface area contributed by atoms with Crippen LogP contribution in [0.3, 0.4) is 0 Å². The molecule has 8 nitrogen and oxygen atoms in total. The standard InChI is InChI=1S/C15H19N3O5S/c1-21-11-8-10-12(14(23-3)13(11)22-2)16-9-17-15(10)18-4-6-24(19,20)7-5-18/h8-9H,4-7H2,1-3H3. The lowest BCUT2D eigenvalue weighted by molar-refractivity contribution is 0.327. The lowest BCUT2D eigenvalue weighted by atomic mass is 10.1. The second kappa shape index (κ2) is 6.31. The van der Waals surface area contributed by atoms with Crippen molar-refractivity contribution in [1.29, 1.82) is 0 Å². The highest BCUT2D eigenvalue weighted by atomic mass is 32.2. The Morgan fingerprint density at radius 3 is 2.25 bits per heavy atom. The summed E-state index contributed by atoms with van der Waals surface area (Å²) >= 11 is 0. The number of ether oxygens (including phenoxy) is 3. The molecule has 0 amide bonds. The monoisotopic (exact) mass is 353 g/mol. The topological polar surface area (TPSA) is 90.9 Å². The Morgan fingerprint density at radius 1 is 1.00 bits per heavy atom. The highest BCUT2D eigenvalue weighted by Crippen LogP contribution is 2.44. The maximum absolute atomic E-state index is 11.7. The van der Waals surface area contributed by atoms with Crippen molar-refractivity contribution in [2.75, 3.05) is 50.8 Å². The van der Waals surface area contributed by atoms with Crippen molar-refractivity contribution in [3.8, 4) is 17.2 Å². The quantitative estimate of drug-likeness (QED) is 0.800. The number of hydrogen-bond donors (Lipinski definition) is 0. The molecule has 3 rings (SSSR count). The molecule has 1 fully saturated rings. The van der Waals surface area contributed by atoms with Crippen molar-refractivity contribution in [3.05, 3.63) is 12.4 Å². The molecule has 24 heavy (non-hydrogen) atoms. The van der Waals surface area contributed by atoms with Gasteiger partial charge >= 0.3 is 0 Å². The van der Waals surface area contributed by atoms with Crippen LogP contribution in [0.1, 0.15) is 0 Å². The van der Waals surface area contributed by atoms with Gasteiger partial charge in [0, 0.05) is 13.1 Å². The van der Waals surface area contributed by atoms with Crippen LogP contribution in [0.5, 0.6) is 17.2 Å². The Morgan fingerprint density at radius 2 is 1.67 bits per heavy atom. The molecule has 0 spiro atoms. The molecule has 9 heteroatoms. The number of nitrogens with zero attached hydrogens (tertiary/aromatic N) is 3. The van der Waals surface area contributed by atoms with Gasteiger partial charge in [0.2, 0.25) is 5.75 Å². The molecule has 2 heterocycles.